The lowest BCUT2D eigenvalue weighted by Gasteiger charge is -2.20. The van der Waals surface area contributed by atoms with Crippen LogP contribution >= 0.6 is 0 Å². The molecule has 2 aromatic carbocycles. The van der Waals surface area contributed by atoms with Gasteiger partial charge in [-0.1, -0.05) is 39.8 Å². The molecule has 0 bridgehead atoms. The Bertz CT molecular complexity index is 1180. The molecule has 0 aromatic heterocycles. The minimum atomic E-state index is -0.813. The van der Waals surface area contributed by atoms with E-state index in [0.29, 0.717) is 29.8 Å². The van der Waals surface area contributed by atoms with E-state index >= 15 is 0 Å². The number of hydrogen-bond acceptors (Lipinski definition) is 7. The van der Waals surface area contributed by atoms with Crippen LogP contribution < -0.4 is 10.7 Å². The molecular formula is C28H33N3O7. The van der Waals surface area contributed by atoms with Gasteiger partial charge in [-0.05, 0) is 53.8 Å². The van der Waals surface area contributed by atoms with E-state index in [1.807, 2.05) is 19.1 Å². The standard InChI is InChI=1S/C28H33N3O7/c1-5-14-37-26(35)19-8-12-22(13-9-19)29-23(32)17-38-27(36)20-15-24(33)31(16-20)30-25(34)18-6-10-21(11-7-18)28(2,3)4/h6-13,20H,5,14-17H2,1-4H3,(H,29,32)(H,30,34)/t20-/m1/s1. The number of hydrazine groups is 1. The molecule has 0 radical (unpaired) electrons. The van der Waals surface area contributed by atoms with Crippen molar-refractivity contribution in [1.82, 2.24) is 10.4 Å². The summed E-state index contributed by atoms with van der Waals surface area (Å²) in [6.45, 7) is 7.82. The van der Waals surface area contributed by atoms with E-state index in [1.165, 1.54) is 24.3 Å². The second kappa shape index (κ2) is 12.4. The van der Waals surface area contributed by atoms with E-state index in [4.69, 9.17) is 9.47 Å². The van der Waals surface area contributed by atoms with Crippen molar-refractivity contribution in [2.75, 3.05) is 25.1 Å². The van der Waals surface area contributed by atoms with E-state index in [1.54, 1.807) is 12.1 Å². The van der Waals surface area contributed by atoms with Crippen molar-refractivity contribution >= 4 is 35.3 Å². The Hall–Kier alpha value is -4.21. The van der Waals surface area contributed by atoms with E-state index in [-0.39, 0.29) is 18.4 Å². The Morgan fingerprint density at radius 3 is 2.18 bits per heavy atom. The first-order valence-corrected chi connectivity index (χ1v) is 12.4. The van der Waals surface area contributed by atoms with Crippen molar-refractivity contribution in [3.63, 3.8) is 0 Å². The van der Waals surface area contributed by atoms with Crippen LogP contribution in [0.15, 0.2) is 48.5 Å². The number of amides is 3. The SMILES string of the molecule is CCCOC(=O)c1ccc(NC(=O)COC(=O)[C@@H]2CC(=O)N(NC(=O)c3ccc(C(C)(C)C)cc3)C2)cc1. The molecule has 1 saturated heterocycles. The maximum absolute atomic E-state index is 12.6. The summed E-state index contributed by atoms with van der Waals surface area (Å²) < 4.78 is 10.1. The Balaban J connectivity index is 1.45. The Labute approximate surface area is 221 Å². The Morgan fingerprint density at radius 1 is 0.947 bits per heavy atom. The fourth-order valence-corrected chi connectivity index (χ4v) is 3.70. The third kappa shape index (κ3) is 7.64. The normalized spacial score (nSPS) is 15.1. The van der Waals surface area contributed by atoms with Crippen LogP contribution in [0.2, 0.25) is 0 Å². The highest BCUT2D eigenvalue weighted by atomic mass is 16.5. The zero-order chi connectivity index (χ0) is 27.9. The molecule has 0 aliphatic carbocycles. The van der Waals surface area contributed by atoms with E-state index < -0.39 is 42.2 Å². The number of anilines is 1. The van der Waals surface area contributed by atoms with Gasteiger partial charge < -0.3 is 14.8 Å². The van der Waals surface area contributed by atoms with E-state index in [9.17, 15) is 24.0 Å². The lowest BCUT2D eigenvalue weighted by molar-refractivity contribution is -0.151. The Kier molecular flexibility index (Phi) is 9.22. The number of carbonyl (C=O) groups is 5. The van der Waals surface area contributed by atoms with Gasteiger partial charge in [0.05, 0.1) is 24.6 Å². The van der Waals surface area contributed by atoms with Crippen LogP contribution in [0, 0.1) is 5.92 Å². The fourth-order valence-electron chi connectivity index (χ4n) is 3.70. The van der Waals surface area contributed by atoms with Gasteiger partial charge in [-0.2, -0.15) is 0 Å². The lowest BCUT2D eigenvalue weighted by atomic mass is 9.87. The summed E-state index contributed by atoms with van der Waals surface area (Å²) in [7, 11) is 0. The van der Waals surface area contributed by atoms with Gasteiger partial charge in [0.2, 0.25) is 5.91 Å². The lowest BCUT2D eigenvalue weighted by Crippen LogP contribution is -2.43. The summed E-state index contributed by atoms with van der Waals surface area (Å²) in [5, 5.41) is 3.67. The van der Waals surface area contributed by atoms with Crippen molar-refractivity contribution in [3.05, 3.63) is 65.2 Å². The van der Waals surface area contributed by atoms with Crippen LogP contribution in [0.4, 0.5) is 5.69 Å². The Morgan fingerprint density at radius 2 is 1.58 bits per heavy atom. The summed E-state index contributed by atoms with van der Waals surface area (Å²) in [6.07, 6.45) is 0.575. The first-order chi connectivity index (χ1) is 18.0. The molecule has 1 atom stereocenters. The second-order valence-electron chi connectivity index (χ2n) is 10.0. The molecule has 1 aliphatic rings. The number of esters is 2. The van der Waals surface area contributed by atoms with Gasteiger partial charge in [-0.3, -0.25) is 29.6 Å². The smallest absolute Gasteiger partial charge is 0.338 e. The predicted molar refractivity (Wildman–Crippen MR) is 139 cm³/mol. The average molecular weight is 524 g/mol. The number of nitrogens with zero attached hydrogens (tertiary/aromatic N) is 1. The molecule has 0 spiro atoms. The summed E-state index contributed by atoms with van der Waals surface area (Å²) in [6, 6.07) is 13.2. The zero-order valence-corrected chi connectivity index (χ0v) is 22.0. The average Bonchev–Trinajstić information content (AvgIpc) is 3.25. The predicted octanol–water partition coefficient (Wildman–Crippen LogP) is 3.23. The first-order valence-electron chi connectivity index (χ1n) is 12.4. The summed E-state index contributed by atoms with van der Waals surface area (Å²) in [5.41, 5.74) is 4.71. The van der Waals surface area contributed by atoms with Crippen LogP contribution in [0.1, 0.15) is 66.8 Å². The number of hydrogen-bond donors (Lipinski definition) is 2. The quantitative estimate of drug-likeness (QED) is 0.483. The largest absolute Gasteiger partial charge is 0.462 e. The van der Waals surface area contributed by atoms with Gasteiger partial charge in [0.15, 0.2) is 6.61 Å². The maximum atomic E-state index is 12.6. The van der Waals surface area contributed by atoms with Crippen LogP contribution in [-0.4, -0.2) is 54.4 Å². The molecule has 1 heterocycles. The number of carbonyl (C=O) groups excluding carboxylic acids is 5. The van der Waals surface area contributed by atoms with Gasteiger partial charge in [-0.15, -0.1) is 0 Å². The minimum Gasteiger partial charge on any atom is -0.462 e. The van der Waals surface area contributed by atoms with Crippen molar-refractivity contribution in [1.29, 1.82) is 0 Å². The molecule has 0 unspecified atom stereocenters. The molecule has 10 nitrogen and oxygen atoms in total. The highest BCUT2D eigenvalue weighted by Gasteiger charge is 2.36. The van der Waals surface area contributed by atoms with Crippen LogP contribution in [0.3, 0.4) is 0 Å². The summed E-state index contributed by atoms with van der Waals surface area (Å²) in [4.78, 5) is 61.4. The second-order valence-corrected chi connectivity index (χ2v) is 10.0. The van der Waals surface area contributed by atoms with Crippen LogP contribution in [-0.2, 0) is 29.3 Å². The molecule has 3 amide bonds. The number of ether oxygens (including phenoxy) is 2. The minimum absolute atomic E-state index is 0.0549. The van der Waals surface area contributed by atoms with Crippen molar-refractivity contribution in [2.45, 2.75) is 46.0 Å². The van der Waals surface area contributed by atoms with Gasteiger partial charge in [0.25, 0.3) is 11.8 Å². The number of rotatable bonds is 9. The van der Waals surface area contributed by atoms with Gasteiger partial charge in [0.1, 0.15) is 0 Å². The van der Waals surface area contributed by atoms with Crippen molar-refractivity contribution < 1.29 is 33.4 Å². The molecule has 1 fully saturated rings. The van der Waals surface area contributed by atoms with Gasteiger partial charge >= 0.3 is 11.9 Å². The van der Waals surface area contributed by atoms with Crippen molar-refractivity contribution in [3.8, 4) is 0 Å². The molecule has 2 N–H and O–H groups in total. The highest BCUT2D eigenvalue weighted by Crippen LogP contribution is 2.23. The highest BCUT2D eigenvalue weighted by molar-refractivity contribution is 5.97. The molecule has 10 heteroatoms. The molecule has 38 heavy (non-hydrogen) atoms. The summed E-state index contributed by atoms with van der Waals surface area (Å²) in [5.74, 6) is -3.44. The third-order valence-corrected chi connectivity index (χ3v) is 5.90. The number of benzene rings is 2. The van der Waals surface area contributed by atoms with Crippen LogP contribution in [0.5, 0.6) is 0 Å². The van der Waals surface area contributed by atoms with E-state index in [0.717, 1.165) is 10.6 Å². The molecule has 2 aromatic rings. The topological polar surface area (TPSA) is 131 Å². The fraction of sp³-hybridized carbons (Fsp3) is 0.393. The van der Waals surface area contributed by atoms with Gasteiger partial charge in [-0.25, -0.2) is 4.79 Å². The van der Waals surface area contributed by atoms with Crippen LogP contribution in [0.25, 0.3) is 0 Å². The monoisotopic (exact) mass is 523 g/mol. The van der Waals surface area contributed by atoms with E-state index in [2.05, 4.69) is 31.5 Å². The molecule has 3 rings (SSSR count). The molecule has 202 valence electrons. The maximum Gasteiger partial charge on any atom is 0.338 e. The zero-order valence-electron chi connectivity index (χ0n) is 22.0. The third-order valence-electron chi connectivity index (χ3n) is 5.90. The summed E-state index contributed by atoms with van der Waals surface area (Å²) >= 11 is 0. The number of nitrogens with one attached hydrogen (secondary N) is 2. The first kappa shape index (κ1) is 28.4. The van der Waals surface area contributed by atoms with Crippen molar-refractivity contribution in [2.24, 2.45) is 5.92 Å². The molecule has 0 saturated carbocycles. The van der Waals surface area contributed by atoms with Gasteiger partial charge in [0, 0.05) is 17.7 Å². The molecule has 1 aliphatic heterocycles. The molecular weight excluding hydrogens is 490 g/mol.